The Morgan fingerprint density at radius 1 is 0.882 bits per heavy atom. The number of rotatable bonds is 13. The van der Waals surface area contributed by atoms with Crippen LogP contribution < -0.4 is 21.7 Å². The molecule has 13 heteroatoms. The molecule has 5 atom stereocenters. The summed E-state index contributed by atoms with van der Waals surface area (Å²) < 4.78 is 0. The number of phenols is 1. The van der Waals surface area contributed by atoms with E-state index in [2.05, 4.69) is 16.0 Å². The number of aliphatic hydroxyl groups excluding tert-OH is 1. The minimum absolute atomic E-state index is 0.0406. The number of phenolic OH excluding ortho intramolecular Hbond substituents is 1. The molecular weight excluding hydrogens is 452 g/mol. The van der Waals surface area contributed by atoms with Crippen molar-refractivity contribution in [1.82, 2.24) is 16.0 Å². The van der Waals surface area contributed by atoms with Gasteiger partial charge in [0.05, 0.1) is 12.1 Å². The van der Waals surface area contributed by atoms with Crippen LogP contribution in [-0.4, -0.2) is 80.4 Å². The van der Waals surface area contributed by atoms with Crippen molar-refractivity contribution in [3.63, 3.8) is 0 Å². The summed E-state index contributed by atoms with van der Waals surface area (Å²) in [7, 11) is 0. The summed E-state index contributed by atoms with van der Waals surface area (Å²) in [5.74, 6) is -5.33. The maximum Gasteiger partial charge on any atom is 0.326 e. The number of carboxylic acid groups (broad SMARTS) is 2. The summed E-state index contributed by atoms with van der Waals surface area (Å²) in [5, 5.41) is 44.4. The molecule has 0 saturated carbocycles. The maximum absolute atomic E-state index is 12.9. The Morgan fingerprint density at radius 2 is 1.44 bits per heavy atom. The lowest BCUT2D eigenvalue weighted by Gasteiger charge is -2.26. The van der Waals surface area contributed by atoms with Crippen LogP contribution in [0.4, 0.5) is 0 Å². The first-order valence-electron chi connectivity index (χ1n) is 10.4. The highest BCUT2D eigenvalue weighted by atomic mass is 16.4. The Balaban J connectivity index is 3.12. The highest BCUT2D eigenvalue weighted by molar-refractivity contribution is 5.94. The average Bonchev–Trinajstić information content (AvgIpc) is 2.74. The van der Waals surface area contributed by atoms with Crippen LogP contribution in [0.15, 0.2) is 24.3 Å². The van der Waals surface area contributed by atoms with Gasteiger partial charge in [-0.25, -0.2) is 4.79 Å². The van der Waals surface area contributed by atoms with E-state index in [1.807, 2.05) is 0 Å². The first-order chi connectivity index (χ1) is 15.8. The van der Waals surface area contributed by atoms with Crippen LogP contribution in [0.5, 0.6) is 5.75 Å². The molecular formula is C21H30N4O9. The predicted octanol–water partition coefficient (Wildman–Crippen LogP) is -1.93. The van der Waals surface area contributed by atoms with E-state index in [9.17, 15) is 39.3 Å². The van der Waals surface area contributed by atoms with Crippen LogP contribution in [0.1, 0.15) is 32.3 Å². The van der Waals surface area contributed by atoms with Gasteiger partial charge in [0, 0.05) is 12.8 Å². The first-order valence-corrected chi connectivity index (χ1v) is 10.4. The molecule has 188 valence electrons. The van der Waals surface area contributed by atoms with Crippen molar-refractivity contribution in [2.75, 3.05) is 0 Å². The van der Waals surface area contributed by atoms with Crippen LogP contribution in [0, 0.1) is 0 Å². The molecule has 0 aliphatic heterocycles. The van der Waals surface area contributed by atoms with Crippen LogP contribution in [0.25, 0.3) is 0 Å². The lowest BCUT2D eigenvalue weighted by atomic mass is 10.0. The third-order valence-corrected chi connectivity index (χ3v) is 4.75. The highest BCUT2D eigenvalue weighted by Gasteiger charge is 2.32. The standard InChI is InChI=1S/C21H30N4O9/c1-10(22)18(30)25-17(11(2)26)20(32)24-15(9-12-3-5-13(27)6-4-12)19(31)23-14(21(33)34)7-8-16(28)29/h3-6,10-11,14-15,17,26-27H,7-9,22H2,1-2H3,(H,23,31)(H,24,32)(H,25,30)(H,28,29)(H,33,34). The fourth-order valence-electron chi connectivity index (χ4n) is 2.83. The molecule has 13 nitrogen and oxygen atoms in total. The fourth-order valence-corrected chi connectivity index (χ4v) is 2.83. The van der Waals surface area contributed by atoms with Crippen molar-refractivity contribution in [3.05, 3.63) is 29.8 Å². The zero-order valence-electron chi connectivity index (χ0n) is 18.7. The molecule has 0 aliphatic rings. The summed E-state index contributed by atoms with van der Waals surface area (Å²) in [5.41, 5.74) is 5.96. The van der Waals surface area contributed by atoms with Crippen molar-refractivity contribution in [1.29, 1.82) is 0 Å². The third-order valence-electron chi connectivity index (χ3n) is 4.75. The number of carboxylic acids is 2. The number of nitrogens with one attached hydrogen (secondary N) is 3. The molecule has 0 aliphatic carbocycles. The molecule has 0 aromatic heterocycles. The Labute approximate surface area is 195 Å². The Hall–Kier alpha value is -3.71. The van der Waals surface area contributed by atoms with E-state index in [0.29, 0.717) is 5.56 Å². The summed E-state index contributed by atoms with van der Waals surface area (Å²) in [4.78, 5) is 59.8. The van der Waals surface area contributed by atoms with E-state index in [4.69, 9.17) is 10.8 Å². The lowest BCUT2D eigenvalue weighted by molar-refractivity contribution is -0.143. The molecule has 0 radical (unpaired) electrons. The van der Waals surface area contributed by atoms with E-state index in [1.165, 1.54) is 38.1 Å². The minimum atomic E-state index is -1.53. The zero-order valence-corrected chi connectivity index (χ0v) is 18.7. The molecule has 0 fully saturated rings. The largest absolute Gasteiger partial charge is 0.508 e. The molecule has 34 heavy (non-hydrogen) atoms. The quantitative estimate of drug-likeness (QED) is 0.155. The third kappa shape index (κ3) is 9.42. The van der Waals surface area contributed by atoms with Gasteiger partial charge in [0.15, 0.2) is 0 Å². The number of aliphatic carboxylic acids is 2. The van der Waals surface area contributed by atoms with Crippen molar-refractivity contribution >= 4 is 29.7 Å². The molecule has 5 unspecified atom stereocenters. The SMILES string of the molecule is CC(N)C(=O)NC(C(=O)NC(Cc1ccc(O)cc1)C(=O)NC(CCC(=O)O)C(=O)O)C(C)O. The van der Waals surface area contributed by atoms with Crippen molar-refractivity contribution < 1.29 is 44.4 Å². The van der Waals surface area contributed by atoms with Crippen LogP contribution in [0.2, 0.25) is 0 Å². The second kappa shape index (κ2) is 13.1. The molecule has 1 rings (SSSR count). The number of amides is 3. The molecule has 0 bridgehead atoms. The molecule has 9 N–H and O–H groups in total. The van der Waals surface area contributed by atoms with Crippen molar-refractivity contribution in [3.8, 4) is 5.75 Å². The number of carbonyl (C=O) groups excluding carboxylic acids is 3. The van der Waals surface area contributed by atoms with Gasteiger partial charge in [-0.2, -0.15) is 0 Å². The van der Waals surface area contributed by atoms with E-state index < -0.39 is 72.8 Å². The van der Waals surface area contributed by atoms with Gasteiger partial charge in [0.1, 0.15) is 23.9 Å². The second-order valence-corrected chi connectivity index (χ2v) is 7.78. The van der Waals surface area contributed by atoms with Gasteiger partial charge >= 0.3 is 11.9 Å². The Bertz CT molecular complexity index is 887. The van der Waals surface area contributed by atoms with Gasteiger partial charge in [0.2, 0.25) is 17.7 Å². The van der Waals surface area contributed by atoms with Crippen LogP contribution >= 0.6 is 0 Å². The Morgan fingerprint density at radius 3 is 1.91 bits per heavy atom. The smallest absolute Gasteiger partial charge is 0.326 e. The van der Waals surface area contributed by atoms with Crippen molar-refractivity contribution in [2.45, 2.75) is 63.4 Å². The number of hydrogen-bond donors (Lipinski definition) is 8. The van der Waals surface area contributed by atoms with E-state index in [0.717, 1.165) is 0 Å². The number of nitrogens with two attached hydrogens (primary N) is 1. The Kier molecular flexibility index (Phi) is 10.9. The molecule has 3 amide bonds. The molecule has 1 aromatic carbocycles. The first kappa shape index (κ1) is 28.3. The van der Waals surface area contributed by atoms with Gasteiger partial charge in [-0.15, -0.1) is 0 Å². The number of benzene rings is 1. The average molecular weight is 482 g/mol. The number of aliphatic hydroxyl groups is 1. The fraction of sp³-hybridized carbons (Fsp3) is 0.476. The van der Waals surface area contributed by atoms with Crippen LogP contribution in [0.3, 0.4) is 0 Å². The van der Waals surface area contributed by atoms with E-state index in [-0.39, 0.29) is 12.2 Å². The minimum Gasteiger partial charge on any atom is -0.508 e. The molecule has 0 spiro atoms. The molecule has 1 aromatic rings. The predicted molar refractivity (Wildman–Crippen MR) is 117 cm³/mol. The lowest BCUT2D eigenvalue weighted by Crippen LogP contribution is -2.60. The second-order valence-electron chi connectivity index (χ2n) is 7.78. The summed E-state index contributed by atoms with van der Waals surface area (Å²) >= 11 is 0. The summed E-state index contributed by atoms with van der Waals surface area (Å²) in [6, 6.07) is 0.313. The van der Waals surface area contributed by atoms with Gasteiger partial charge in [-0.05, 0) is 38.0 Å². The molecule has 0 saturated heterocycles. The zero-order chi connectivity index (χ0) is 26.0. The monoisotopic (exact) mass is 482 g/mol. The summed E-state index contributed by atoms with van der Waals surface area (Å²) in [6.45, 7) is 2.61. The topological polar surface area (TPSA) is 228 Å². The van der Waals surface area contributed by atoms with E-state index >= 15 is 0 Å². The number of carbonyl (C=O) groups is 5. The number of hydrogen-bond acceptors (Lipinski definition) is 8. The van der Waals surface area contributed by atoms with Gasteiger partial charge < -0.3 is 42.1 Å². The van der Waals surface area contributed by atoms with Gasteiger partial charge in [-0.3, -0.25) is 19.2 Å². The normalized spacial score (nSPS) is 15.2. The highest BCUT2D eigenvalue weighted by Crippen LogP contribution is 2.12. The summed E-state index contributed by atoms with van der Waals surface area (Å²) in [6.07, 6.45) is -2.41. The maximum atomic E-state index is 12.9. The van der Waals surface area contributed by atoms with Gasteiger partial charge in [-0.1, -0.05) is 12.1 Å². The van der Waals surface area contributed by atoms with Crippen molar-refractivity contribution in [2.24, 2.45) is 5.73 Å². The van der Waals surface area contributed by atoms with Crippen LogP contribution in [-0.2, 0) is 30.4 Å². The molecule has 0 heterocycles. The van der Waals surface area contributed by atoms with Gasteiger partial charge in [0.25, 0.3) is 0 Å². The number of aromatic hydroxyl groups is 1. The van der Waals surface area contributed by atoms with E-state index in [1.54, 1.807) is 0 Å².